The van der Waals surface area contributed by atoms with Gasteiger partial charge in [-0.3, -0.25) is 4.90 Å². The molecule has 0 radical (unpaired) electrons. The number of carbonyl (C=O) groups excluding carboxylic acids is 1. The van der Waals surface area contributed by atoms with Gasteiger partial charge in [0.25, 0.3) is 0 Å². The third-order valence-electron chi connectivity index (χ3n) is 2.06. The zero-order chi connectivity index (χ0) is 8.97. The van der Waals surface area contributed by atoms with Crippen LogP contribution in [0.25, 0.3) is 0 Å². The first-order valence-corrected chi connectivity index (χ1v) is 4.19. The van der Waals surface area contributed by atoms with E-state index in [1.165, 1.54) is 7.11 Å². The zero-order valence-electron chi connectivity index (χ0n) is 7.58. The molecule has 0 amide bonds. The van der Waals surface area contributed by atoms with E-state index in [-0.39, 0.29) is 12.1 Å². The summed E-state index contributed by atoms with van der Waals surface area (Å²) < 4.78 is 9.84. The number of carbonyl (C=O) groups is 1. The lowest BCUT2D eigenvalue weighted by molar-refractivity contribution is -0.159. The Morgan fingerprint density at radius 3 is 3.08 bits per heavy atom. The number of esters is 1. The summed E-state index contributed by atoms with van der Waals surface area (Å²) in [6, 6.07) is 0. The van der Waals surface area contributed by atoms with E-state index in [0.717, 1.165) is 13.1 Å². The van der Waals surface area contributed by atoms with E-state index in [1.807, 2.05) is 0 Å². The van der Waals surface area contributed by atoms with Crippen LogP contribution < -0.4 is 0 Å². The van der Waals surface area contributed by atoms with E-state index >= 15 is 0 Å². The Morgan fingerprint density at radius 1 is 1.75 bits per heavy atom. The second kappa shape index (κ2) is 4.42. The minimum Gasteiger partial charge on any atom is -0.467 e. The summed E-state index contributed by atoms with van der Waals surface area (Å²) in [5, 5.41) is 0. The van der Waals surface area contributed by atoms with Gasteiger partial charge in [-0.25, -0.2) is 4.79 Å². The highest BCUT2D eigenvalue weighted by Crippen LogP contribution is 2.05. The fraction of sp³-hybridized carbons (Fsp3) is 0.875. The highest BCUT2D eigenvalue weighted by Gasteiger charge is 2.26. The fourth-order valence-electron chi connectivity index (χ4n) is 1.26. The smallest absolute Gasteiger partial charge is 0.336 e. The van der Waals surface area contributed by atoms with Gasteiger partial charge < -0.3 is 9.47 Å². The summed E-state index contributed by atoms with van der Waals surface area (Å²) in [6.45, 7) is 5.21. The Morgan fingerprint density at radius 2 is 2.50 bits per heavy atom. The number of hydrogen-bond acceptors (Lipinski definition) is 4. The monoisotopic (exact) mass is 173 g/mol. The van der Waals surface area contributed by atoms with Gasteiger partial charge in [0.15, 0.2) is 6.10 Å². The molecule has 0 aromatic heterocycles. The molecule has 12 heavy (non-hydrogen) atoms. The number of ether oxygens (including phenoxy) is 2. The van der Waals surface area contributed by atoms with Gasteiger partial charge in [-0.15, -0.1) is 0 Å². The first-order valence-electron chi connectivity index (χ1n) is 4.19. The van der Waals surface area contributed by atoms with Crippen molar-refractivity contribution in [1.82, 2.24) is 4.90 Å². The maximum absolute atomic E-state index is 11.1. The van der Waals surface area contributed by atoms with Gasteiger partial charge in [-0.2, -0.15) is 0 Å². The van der Waals surface area contributed by atoms with E-state index in [9.17, 15) is 4.79 Å². The summed E-state index contributed by atoms with van der Waals surface area (Å²) in [5.41, 5.74) is 0. The minimum atomic E-state index is -0.385. The van der Waals surface area contributed by atoms with Gasteiger partial charge in [0.2, 0.25) is 0 Å². The van der Waals surface area contributed by atoms with Crippen molar-refractivity contribution in [3.8, 4) is 0 Å². The first-order chi connectivity index (χ1) is 5.77. The zero-order valence-corrected chi connectivity index (χ0v) is 7.58. The van der Waals surface area contributed by atoms with Crippen molar-refractivity contribution >= 4 is 5.97 Å². The van der Waals surface area contributed by atoms with Crippen LogP contribution in [0.3, 0.4) is 0 Å². The SMILES string of the molecule is CCN1CCO[C@@H](C(=O)OC)C1. The molecular formula is C8H15NO3. The lowest BCUT2D eigenvalue weighted by atomic mass is 10.3. The highest BCUT2D eigenvalue weighted by molar-refractivity contribution is 5.74. The van der Waals surface area contributed by atoms with Crippen molar-refractivity contribution in [3.63, 3.8) is 0 Å². The predicted octanol–water partition coefficient (Wildman–Crippen LogP) is -0.120. The second-order valence-corrected chi connectivity index (χ2v) is 2.78. The van der Waals surface area contributed by atoms with Crippen LogP contribution in [0, 0.1) is 0 Å². The Hall–Kier alpha value is -0.610. The normalized spacial score (nSPS) is 25.3. The van der Waals surface area contributed by atoms with Crippen LogP contribution in [0.5, 0.6) is 0 Å². The molecule has 0 unspecified atom stereocenters. The van der Waals surface area contributed by atoms with Gasteiger partial charge in [-0.1, -0.05) is 6.92 Å². The fourth-order valence-corrected chi connectivity index (χ4v) is 1.26. The number of nitrogens with zero attached hydrogens (tertiary/aromatic N) is 1. The summed E-state index contributed by atoms with van der Waals surface area (Å²) in [5.74, 6) is -0.270. The van der Waals surface area contributed by atoms with E-state index in [1.54, 1.807) is 0 Å². The molecule has 1 aliphatic heterocycles. The van der Waals surface area contributed by atoms with E-state index in [4.69, 9.17) is 4.74 Å². The maximum Gasteiger partial charge on any atom is 0.336 e. The van der Waals surface area contributed by atoms with Crippen LogP contribution >= 0.6 is 0 Å². The quantitative estimate of drug-likeness (QED) is 0.546. The van der Waals surface area contributed by atoms with Crippen molar-refractivity contribution in [2.24, 2.45) is 0 Å². The lowest BCUT2D eigenvalue weighted by Crippen LogP contribution is -2.46. The molecule has 4 nitrogen and oxygen atoms in total. The minimum absolute atomic E-state index is 0.270. The molecule has 0 bridgehead atoms. The molecule has 0 saturated carbocycles. The topological polar surface area (TPSA) is 38.8 Å². The van der Waals surface area contributed by atoms with Crippen LogP contribution in [0.2, 0.25) is 0 Å². The van der Waals surface area contributed by atoms with Gasteiger partial charge >= 0.3 is 5.97 Å². The Bertz CT molecular complexity index is 160. The number of rotatable bonds is 2. The first kappa shape index (κ1) is 9.48. The van der Waals surface area contributed by atoms with Crippen molar-refractivity contribution in [2.45, 2.75) is 13.0 Å². The summed E-state index contributed by atoms with van der Waals surface area (Å²) >= 11 is 0. The standard InChI is InChI=1S/C8H15NO3/c1-3-9-4-5-12-7(6-9)8(10)11-2/h7H,3-6H2,1-2H3/t7-/m1/s1. The molecule has 1 fully saturated rings. The molecule has 0 aromatic rings. The number of likely N-dealkylation sites (N-methyl/N-ethyl adjacent to an activating group) is 1. The van der Waals surface area contributed by atoms with Crippen LogP contribution in [0.15, 0.2) is 0 Å². The number of hydrogen-bond donors (Lipinski definition) is 0. The van der Waals surface area contributed by atoms with Crippen molar-refractivity contribution in [1.29, 1.82) is 0 Å². The largest absolute Gasteiger partial charge is 0.467 e. The number of morpholine rings is 1. The molecule has 1 aliphatic rings. The number of methoxy groups -OCH3 is 1. The molecule has 1 heterocycles. The van der Waals surface area contributed by atoms with Crippen molar-refractivity contribution in [2.75, 3.05) is 33.4 Å². The molecule has 1 rings (SSSR count). The van der Waals surface area contributed by atoms with Crippen molar-refractivity contribution < 1.29 is 14.3 Å². The van der Waals surface area contributed by atoms with Gasteiger partial charge in [0.05, 0.1) is 13.7 Å². The molecule has 0 spiro atoms. The third kappa shape index (κ3) is 2.19. The predicted molar refractivity (Wildman–Crippen MR) is 43.9 cm³/mol. The maximum atomic E-state index is 11.1. The van der Waals surface area contributed by atoms with Crippen molar-refractivity contribution in [3.05, 3.63) is 0 Å². The third-order valence-corrected chi connectivity index (χ3v) is 2.06. The highest BCUT2D eigenvalue weighted by atomic mass is 16.6. The molecular weight excluding hydrogens is 158 g/mol. The average molecular weight is 173 g/mol. The lowest BCUT2D eigenvalue weighted by Gasteiger charge is -2.30. The van der Waals surface area contributed by atoms with Crippen LogP contribution in [0.1, 0.15) is 6.92 Å². The molecule has 1 saturated heterocycles. The van der Waals surface area contributed by atoms with Gasteiger partial charge in [0.1, 0.15) is 0 Å². The Labute approximate surface area is 72.4 Å². The van der Waals surface area contributed by atoms with Crippen LogP contribution in [-0.2, 0) is 14.3 Å². The molecule has 0 aromatic carbocycles. The van der Waals surface area contributed by atoms with Gasteiger partial charge in [0, 0.05) is 13.1 Å². The summed E-state index contributed by atoms with van der Waals surface area (Å²) in [4.78, 5) is 13.2. The molecule has 0 aliphatic carbocycles. The molecule has 0 N–H and O–H groups in total. The van der Waals surface area contributed by atoms with Crippen LogP contribution in [0.4, 0.5) is 0 Å². The molecule has 70 valence electrons. The Balaban J connectivity index is 2.40. The van der Waals surface area contributed by atoms with Crippen LogP contribution in [-0.4, -0.2) is 50.3 Å². The van der Waals surface area contributed by atoms with Gasteiger partial charge in [-0.05, 0) is 6.54 Å². The molecule has 4 heteroatoms. The van der Waals surface area contributed by atoms with E-state index in [2.05, 4.69) is 16.6 Å². The average Bonchev–Trinajstić information content (AvgIpc) is 2.17. The second-order valence-electron chi connectivity index (χ2n) is 2.78. The summed E-state index contributed by atoms with van der Waals surface area (Å²) in [6.07, 6.45) is -0.385. The molecule has 1 atom stereocenters. The Kier molecular flexibility index (Phi) is 3.49. The summed E-state index contributed by atoms with van der Waals surface area (Å²) in [7, 11) is 1.39. The van der Waals surface area contributed by atoms with E-state index in [0.29, 0.717) is 13.2 Å². The van der Waals surface area contributed by atoms with E-state index < -0.39 is 0 Å².